The molecule has 0 aromatic heterocycles. The first kappa shape index (κ1) is 19.2. The highest BCUT2D eigenvalue weighted by Gasteiger charge is 2.21. The van der Waals surface area contributed by atoms with Gasteiger partial charge in [0.05, 0.1) is 10.5 Å². The van der Waals surface area contributed by atoms with Gasteiger partial charge in [0, 0.05) is 17.6 Å². The minimum atomic E-state index is -1.10. The zero-order valence-electron chi connectivity index (χ0n) is 13.8. The summed E-state index contributed by atoms with van der Waals surface area (Å²) >= 11 is 6.00. The summed E-state index contributed by atoms with van der Waals surface area (Å²) < 4.78 is 5.04. The number of halogens is 1. The van der Waals surface area contributed by atoms with Gasteiger partial charge in [-0.2, -0.15) is 0 Å². The number of benzene rings is 2. The van der Waals surface area contributed by atoms with Crippen molar-refractivity contribution in [3.05, 3.63) is 68.7 Å². The topological polar surface area (TPSA) is 125 Å². The number of amides is 1. The molecule has 8 nitrogen and oxygen atoms in total. The Balaban J connectivity index is 1.98. The number of ether oxygens (including phenoxy) is 1. The number of nitrogen functional groups attached to an aromatic ring is 1. The van der Waals surface area contributed by atoms with Crippen LogP contribution in [-0.4, -0.2) is 22.9 Å². The molecule has 0 saturated carbocycles. The first-order valence-corrected chi connectivity index (χ1v) is 7.93. The molecule has 0 aliphatic heterocycles. The highest BCUT2D eigenvalue weighted by molar-refractivity contribution is 6.31. The number of carbonyl (C=O) groups excluding carboxylic acids is 2. The molecule has 1 unspecified atom stereocenters. The van der Waals surface area contributed by atoms with Crippen LogP contribution in [-0.2, 0) is 16.1 Å². The lowest BCUT2D eigenvalue weighted by Crippen LogP contribution is -2.35. The summed E-state index contributed by atoms with van der Waals surface area (Å²) in [5, 5.41) is 14.0. The fourth-order valence-electron chi connectivity index (χ4n) is 2.08. The number of nitrogens with two attached hydrogens (primary N) is 1. The highest BCUT2D eigenvalue weighted by atomic mass is 35.5. The van der Waals surface area contributed by atoms with E-state index in [1.54, 1.807) is 24.3 Å². The Bertz CT molecular complexity index is 856. The van der Waals surface area contributed by atoms with Crippen molar-refractivity contribution in [2.45, 2.75) is 19.6 Å². The molecule has 1 atom stereocenters. The Hall–Kier alpha value is -3.13. The molecule has 1 amide bonds. The molecule has 0 heterocycles. The molecule has 0 aliphatic rings. The van der Waals surface area contributed by atoms with Crippen molar-refractivity contribution in [1.29, 1.82) is 0 Å². The van der Waals surface area contributed by atoms with Gasteiger partial charge in [-0.1, -0.05) is 29.8 Å². The predicted octanol–water partition coefficient (Wildman–Crippen LogP) is 2.69. The van der Waals surface area contributed by atoms with Gasteiger partial charge in [-0.05, 0) is 30.7 Å². The number of hydrogen-bond acceptors (Lipinski definition) is 6. The molecule has 0 saturated heterocycles. The van der Waals surface area contributed by atoms with E-state index >= 15 is 0 Å². The van der Waals surface area contributed by atoms with Crippen LogP contribution in [0.25, 0.3) is 0 Å². The number of nitrogens with zero attached hydrogens (tertiary/aromatic N) is 1. The van der Waals surface area contributed by atoms with Crippen LogP contribution in [0.15, 0.2) is 42.5 Å². The average molecular weight is 378 g/mol. The van der Waals surface area contributed by atoms with Gasteiger partial charge < -0.3 is 15.8 Å². The largest absolute Gasteiger partial charge is 0.449 e. The second-order valence-corrected chi connectivity index (χ2v) is 5.79. The number of carbonyl (C=O) groups is 2. The summed E-state index contributed by atoms with van der Waals surface area (Å²) in [6, 6.07) is 10.5. The maximum absolute atomic E-state index is 12.1. The van der Waals surface area contributed by atoms with E-state index in [0.717, 1.165) is 11.6 Å². The number of esters is 1. The van der Waals surface area contributed by atoms with Gasteiger partial charge in [0.25, 0.3) is 11.6 Å². The zero-order chi connectivity index (χ0) is 19.3. The molecule has 2 rings (SSSR count). The molecule has 136 valence electrons. The molecule has 2 aromatic carbocycles. The molecule has 9 heteroatoms. The van der Waals surface area contributed by atoms with E-state index in [9.17, 15) is 19.7 Å². The molecule has 3 N–H and O–H groups in total. The van der Waals surface area contributed by atoms with E-state index in [0.29, 0.717) is 5.02 Å². The van der Waals surface area contributed by atoms with E-state index in [1.165, 1.54) is 19.1 Å². The fraction of sp³-hybridized carbons (Fsp3) is 0.176. The van der Waals surface area contributed by atoms with Crippen LogP contribution >= 0.6 is 11.6 Å². The van der Waals surface area contributed by atoms with Crippen molar-refractivity contribution in [2.24, 2.45) is 0 Å². The second kappa shape index (κ2) is 8.30. The normalized spacial score (nSPS) is 11.5. The number of nitro groups is 1. The second-order valence-electron chi connectivity index (χ2n) is 5.39. The molecular formula is C17H16ClN3O5. The Kier molecular flexibility index (Phi) is 6.13. The monoisotopic (exact) mass is 377 g/mol. The zero-order valence-corrected chi connectivity index (χ0v) is 14.5. The predicted molar refractivity (Wildman–Crippen MR) is 95.7 cm³/mol. The number of nitro benzene ring substituents is 1. The summed E-state index contributed by atoms with van der Waals surface area (Å²) in [7, 11) is 0. The minimum absolute atomic E-state index is 0.0721. The smallest absolute Gasteiger partial charge is 0.339 e. The highest BCUT2D eigenvalue weighted by Crippen LogP contribution is 2.23. The van der Waals surface area contributed by atoms with Crippen molar-refractivity contribution >= 4 is 34.9 Å². The van der Waals surface area contributed by atoms with E-state index < -0.39 is 28.6 Å². The molecule has 0 bridgehead atoms. The average Bonchev–Trinajstić information content (AvgIpc) is 2.60. The summed E-state index contributed by atoms with van der Waals surface area (Å²) in [6.07, 6.45) is -1.10. The summed E-state index contributed by atoms with van der Waals surface area (Å²) in [6.45, 7) is 1.57. The van der Waals surface area contributed by atoms with Gasteiger partial charge >= 0.3 is 5.97 Å². The van der Waals surface area contributed by atoms with Gasteiger partial charge in [-0.25, -0.2) is 4.79 Å². The van der Waals surface area contributed by atoms with Crippen LogP contribution in [0, 0.1) is 10.1 Å². The molecule has 0 fully saturated rings. The summed E-state index contributed by atoms with van der Waals surface area (Å²) in [4.78, 5) is 34.3. The van der Waals surface area contributed by atoms with Crippen LogP contribution in [0.3, 0.4) is 0 Å². The van der Waals surface area contributed by atoms with Crippen molar-refractivity contribution < 1.29 is 19.2 Å². The maximum Gasteiger partial charge on any atom is 0.339 e. The number of nitrogens with one attached hydrogen (secondary N) is 1. The van der Waals surface area contributed by atoms with Crippen molar-refractivity contribution in [1.82, 2.24) is 5.32 Å². The summed E-state index contributed by atoms with van der Waals surface area (Å²) in [5.74, 6) is -1.39. The number of anilines is 1. The lowest BCUT2D eigenvalue weighted by Gasteiger charge is -2.14. The van der Waals surface area contributed by atoms with Gasteiger partial charge in [-0.15, -0.1) is 0 Å². The van der Waals surface area contributed by atoms with E-state index in [1.807, 2.05) is 0 Å². The Labute approximate surface area is 154 Å². The van der Waals surface area contributed by atoms with E-state index in [-0.39, 0.29) is 17.8 Å². The molecule has 2 aromatic rings. The first-order valence-electron chi connectivity index (χ1n) is 7.55. The molecule has 0 aliphatic carbocycles. The lowest BCUT2D eigenvalue weighted by atomic mass is 10.2. The van der Waals surface area contributed by atoms with E-state index in [2.05, 4.69) is 5.32 Å². The SMILES string of the molecule is CC(OC(=O)c1ccc(N)c([N+](=O)[O-])c1)C(=O)NCc1ccccc1Cl. The maximum atomic E-state index is 12.1. The Morgan fingerprint density at radius 3 is 2.65 bits per heavy atom. The third-order valence-electron chi connectivity index (χ3n) is 3.53. The molecule has 0 spiro atoms. The molecular weight excluding hydrogens is 362 g/mol. The standard InChI is InChI=1S/C17H16ClN3O5/c1-10(16(22)20-9-12-4-2-3-5-13(12)18)26-17(23)11-6-7-14(19)15(8-11)21(24)25/h2-8,10H,9,19H2,1H3,(H,20,22). The van der Waals surface area contributed by atoms with Crippen LogP contribution < -0.4 is 11.1 Å². The van der Waals surface area contributed by atoms with E-state index in [4.69, 9.17) is 22.1 Å². The van der Waals surface area contributed by atoms with Crippen molar-refractivity contribution in [3.8, 4) is 0 Å². The fourth-order valence-corrected chi connectivity index (χ4v) is 2.28. The number of rotatable bonds is 6. The number of hydrogen-bond donors (Lipinski definition) is 2. The van der Waals surface area contributed by atoms with Gasteiger partial charge in [0.2, 0.25) is 0 Å². The molecule has 26 heavy (non-hydrogen) atoms. The lowest BCUT2D eigenvalue weighted by molar-refractivity contribution is -0.383. The van der Waals surface area contributed by atoms with Crippen LogP contribution in [0.2, 0.25) is 5.02 Å². The quantitative estimate of drug-likeness (QED) is 0.345. The first-order chi connectivity index (χ1) is 12.3. The van der Waals surface area contributed by atoms with Crippen LogP contribution in [0.5, 0.6) is 0 Å². The van der Waals surface area contributed by atoms with Crippen molar-refractivity contribution in [2.75, 3.05) is 5.73 Å². The molecule has 0 radical (unpaired) electrons. The summed E-state index contributed by atoms with van der Waals surface area (Å²) in [5.41, 5.74) is 5.64. The third-order valence-corrected chi connectivity index (χ3v) is 3.90. The Morgan fingerprint density at radius 2 is 2.00 bits per heavy atom. The third kappa shape index (κ3) is 4.70. The van der Waals surface area contributed by atoms with Crippen LogP contribution in [0.4, 0.5) is 11.4 Å². The van der Waals surface area contributed by atoms with Crippen molar-refractivity contribution in [3.63, 3.8) is 0 Å². The van der Waals surface area contributed by atoms with Gasteiger partial charge in [0.15, 0.2) is 6.10 Å². The van der Waals surface area contributed by atoms with Gasteiger partial charge in [-0.3, -0.25) is 14.9 Å². The Morgan fingerprint density at radius 1 is 1.31 bits per heavy atom. The van der Waals surface area contributed by atoms with Crippen LogP contribution in [0.1, 0.15) is 22.8 Å². The van der Waals surface area contributed by atoms with Gasteiger partial charge in [0.1, 0.15) is 5.69 Å². The minimum Gasteiger partial charge on any atom is -0.449 e.